The number of carbonyl (C=O) groups is 1. The second-order valence-electron chi connectivity index (χ2n) is 5.27. The van der Waals surface area contributed by atoms with Crippen molar-refractivity contribution in [1.82, 2.24) is 19.6 Å². The second-order valence-corrected chi connectivity index (χ2v) is 6.28. The minimum Gasteiger partial charge on any atom is -0.306 e. The molecular weight excluding hydrogens is 286 g/mol. The summed E-state index contributed by atoms with van der Waals surface area (Å²) in [6.07, 6.45) is 5.96. The maximum absolute atomic E-state index is 12.2. The smallest absolute Gasteiger partial charge is 0.277 e. The molecule has 0 saturated heterocycles. The van der Waals surface area contributed by atoms with Crippen molar-refractivity contribution in [2.75, 3.05) is 5.32 Å². The zero-order chi connectivity index (χ0) is 14.4. The maximum atomic E-state index is 12.2. The predicted molar refractivity (Wildman–Crippen MR) is 79.8 cm³/mol. The lowest BCUT2D eigenvalue weighted by Crippen LogP contribution is -2.12. The van der Waals surface area contributed by atoms with Gasteiger partial charge in [-0.1, -0.05) is 11.3 Å². The van der Waals surface area contributed by atoms with E-state index in [0.717, 1.165) is 16.2 Å². The third-order valence-corrected chi connectivity index (χ3v) is 4.44. The SMILES string of the molecule is Cc1ccn2cc(C(=O)Nc3nnc(C4CC4)s3)nc2c1. The number of imidazole rings is 1. The predicted octanol–water partition coefficient (Wildman–Crippen LogP) is 2.62. The molecule has 1 amide bonds. The van der Waals surface area contributed by atoms with Crippen LogP contribution in [-0.4, -0.2) is 25.5 Å². The van der Waals surface area contributed by atoms with Crippen LogP contribution in [0.3, 0.4) is 0 Å². The number of hydrogen-bond donors (Lipinski definition) is 1. The Hall–Kier alpha value is -2.28. The van der Waals surface area contributed by atoms with E-state index >= 15 is 0 Å². The molecule has 3 aromatic heterocycles. The Bertz CT molecular complexity index is 833. The Labute approximate surface area is 124 Å². The second kappa shape index (κ2) is 4.63. The van der Waals surface area contributed by atoms with Crippen molar-refractivity contribution in [1.29, 1.82) is 0 Å². The summed E-state index contributed by atoms with van der Waals surface area (Å²) in [7, 11) is 0. The van der Waals surface area contributed by atoms with Crippen molar-refractivity contribution in [2.45, 2.75) is 25.7 Å². The van der Waals surface area contributed by atoms with Gasteiger partial charge in [0.05, 0.1) is 0 Å². The Morgan fingerprint density at radius 3 is 3.10 bits per heavy atom. The monoisotopic (exact) mass is 299 g/mol. The molecule has 6 nitrogen and oxygen atoms in total. The molecule has 1 aliphatic carbocycles. The van der Waals surface area contributed by atoms with Crippen LogP contribution in [0.4, 0.5) is 5.13 Å². The molecular formula is C14H13N5OS. The summed E-state index contributed by atoms with van der Waals surface area (Å²) in [6.45, 7) is 2.00. The van der Waals surface area contributed by atoms with Gasteiger partial charge in [-0.05, 0) is 37.5 Å². The summed E-state index contributed by atoms with van der Waals surface area (Å²) in [5.41, 5.74) is 2.25. The summed E-state index contributed by atoms with van der Waals surface area (Å²) < 4.78 is 1.83. The van der Waals surface area contributed by atoms with Crippen molar-refractivity contribution < 1.29 is 4.79 Å². The Morgan fingerprint density at radius 2 is 2.29 bits per heavy atom. The Kier molecular flexibility index (Phi) is 2.75. The molecule has 0 radical (unpaired) electrons. The van der Waals surface area contributed by atoms with Crippen LogP contribution >= 0.6 is 11.3 Å². The van der Waals surface area contributed by atoms with Gasteiger partial charge in [0.25, 0.3) is 5.91 Å². The minimum absolute atomic E-state index is 0.255. The molecule has 1 saturated carbocycles. The number of carbonyl (C=O) groups excluding carboxylic acids is 1. The number of amides is 1. The van der Waals surface area contributed by atoms with Crippen molar-refractivity contribution in [3.8, 4) is 0 Å². The fraction of sp³-hybridized carbons (Fsp3) is 0.286. The largest absolute Gasteiger partial charge is 0.306 e. The molecule has 7 heteroatoms. The van der Waals surface area contributed by atoms with Gasteiger partial charge in [0.2, 0.25) is 5.13 Å². The van der Waals surface area contributed by atoms with Crippen molar-refractivity contribution in [2.24, 2.45) is 0 Å². The van der Waals surface area contributed by atoms with Crippen LogP contribution in [-0.2, 0) is 0 Å². The van der Waals surface area contributed by atoms with Crippen molar-refractivity contribution in [3.05, 3.63) is 40.8 Å². The average molecular weight is 299 g/mol. The van der Waals surface area contributed by atoms with E-state index in [1.165, 1.54) is 24.2 Å². The number of aromatic nitrogens is 4. The van der Waals surface area contributed by atoms with E-state index in [-0.39, 0.29) is 5.91 Å². The molecule has 1 aliphatic rings. The summed E-state index contributed by atoms with van der Waals surface area (Å²) in [6, 6.07) is 3.91. The summed E-state index contributed by atoms with van der Waals surface area (Å²) in [5.74, 6) is 0.293. The third kappa shape index (κ3) is 2.40. The van der Waals surface area contributed by atoms with Gasteiger partial charge in [-0.25, -0.2) is 4.98 Å². The highest BCUT2D eigenvalue weighted by molar-refractivity contribution is 7.15. The molecule has 0 unspecified atom stereocenters. The van der Waals surface area contributed by atoms with Crippen molar-refractivity contribution in [3.63, 3.8) is 0 Å². The van der Waals surface area contributed by atoms with Gasteiger partial charge in [0.1, 0.15) is 16.3 Å². The molecule has 0 atom stereocenters. The number of hydrogen-bond acceptors (Lipinski definition) is 5. The number of rotatable bonds is 3. The van der Waals surface area contributed by atoms with Crippen LogP contribution in [0.2, 0.25) is 0 Å². The first kappa shape index (κ1) is 12.5. The van der Waals surface area contributed by atoms with E-state index in [9.17, 15) is 4.79 Å². The molecule has 3 aromatic rings. The first-order valence-electron chi connectivity index (χ1n) is 6.79. The zero-order valence-electron chi connectivity index (χ0n) is 11.4. The first-order valence-corrected chi connectivity index (χ1v) is 7.61. The molecule has 106 valence electrons. The summed E-state index contributed by atoms with van der Waals surface area (Å²) in [5, 5.41) is 12.4. The molecule has 1 N–H and O–H groups in total. The molecule has 0 bridgehead atoms. The molecule has 0 aliphatic heterocycles. The average Bonchev–Trinajstić information content (AvgIpc) is 3.06. The number of anilines is 1. The van der Waals surface area contributed by atoms with E-state index < -0.39 is 0 Å². The Morgan fingerprint density at radius 1 is 1.43 bits per heavy atom. The fourth-order valence-corrected chi connectivity index (χ4v) is 3.04. The van der Waals surface area contributed by atoms with E-state index in [4.69, 9.17) is 0 Å². The van der Waals surface area contributed by atoms with Gasteiger partial charge in [-0.2, -0.15) is 0 Å². The number of nitrogens with zero attached hydrogens (tertiary/aromatic N) is 4. The summed E-state index contributed by atoms with van der Waals surface area (Å²) >= 11 is 1.45. The minimum atomic E-state index is -0.255. The molecule has 0 aromatic carbocycles. The van der Waals surface area contributed by atoms with Crippen LogP contribution in [0.1, 0.15) is 39.8 Å². The molecule has 1 fully saturated rings. The maximum Gasteiger partial charge on any atom is 0.277 e. The van der Waals surface area contributed by atoms with Gasteiger partial charge in [0.15, 0.2) is 0 Å². The number of aryl methyl sites for hydroxylation is 1. The van der Waals surface area contributed by atoms with E-state index in [1.54, 1.807) is 6.20 Å². The zero-order valence-corrected chi connectivity index (χ0v) is 12.2. The lowest BCUT2D eigenvalue weighted by Gasteiger charge is -1.95. The van der Waals surface area contributed by atoms with Crippen LogP contribution < -0.4 is 5.32 Å². The highest BCUT2D eigenvalue weighted by atomic mass is 32.1. The first-order chi connectivity index (χ1) is 10.2. The van der Waals surface area contributed by atoms with E-state index in [0.29, 0.717) is 16.7 Å². The molecule has 0 spiro atoms. The van der Waals surface area contributed by atoms with E-state index in [1.807, 2.05) is 29.7 Å². The van der Waals surface area contributed by atoms with Crippen molar-refractivity contribution >= 4 is 28.0 Å². The lowest BCUT2D eigenvalue weighted by molar-refractivity contribution is 0.102. The van der Waals surface area contributed by atoms with Crippen LogP contribution in [0, 0.1) is 6.92 Å². The quantitative estimate of drug-likeness (QED) is 0.807. The topological polar surface area (TPSA) is 72.2 Å². The number of pyridine rings is 1. The van der Waals surface area contributed by atoms with Gasteiger partial charge >= 0.3 is 0 Å². The lowest BCUT2D eigenvalue weighted by atomic mass is 10.3. The number of nitrogens with one attached hydrogen (secondary N) is 1. The highest BCUT2D eigenvalue weighted by Gasteiger charge is 2.27. The van der Waals surface area contributed by atoms with Crippen LogP contribution in [0.15, 0.2) is 24.5 Å². The van der Waals surface area contributed by atoms with Gasteiger partial charge in [0, 0.05) is 18.3 Å². The molecule has 3 heterocycles. The van der Waals surface area contributed by atoms with Gasteiger partial charge in [-0.3, -0.25) is 10.1 Å². The fourth-order valence-electron chi connectivity index (χ4n) is 2.13. The highest BCUT2D eigenvalue weighted by Crippen LogP contribution is 2.42. The van der Waals surface area contributed by atoms with Gasteiger partial charge in [-0.15, -0.1) is 10.2 Å². The van der Waals surface area contributed by atoms with E-state index in [2.05, 4.69) is 20.5 Å². The van der Waals surface area contributed by atoms with Gasteiger partial charge < -0.3 is 4.40 Å². The Balaban J connectivity index is 1.57. The molecule has 21 heavy (non-hydrogen) atoms. The number of fused-ring (bicyclic) bond motifs is 1. The van der Waals surface area contributed by atoms with Crippen LogP contribution in [0.5, 0.6) is 0 Å². The normalized spacial score (nSPS) is 14.5. The molecule has 4 rings (SSSR count). The summed E-state index contributed by atoms with van der Waals surface area (Å²) in [4.78, 5) is 16.5. The van der Waals surface area contributed by atoms with Crippen LogP contribution in [0.25, 0.3) is 5.65 Å². The third-order valence-electron chi connectivity index (χ3n) is 3.44. The standard InChI is InChI=1S/C14H13N5OS/c1-8-4-5-19-7-10(15-11(19)6-8)12(20)16-14-18-17-13(21-14)9-2-3-9/h4-7,9H,2-3H2,1H3,(H,16,18,20).